The molecule has 4 nitrogen and oxygen atoms in total. The normalized spacial score (nSPS) is 10.9. The van der Waals surface area contributed by atoms with E-state index in [4.69, 9.17) is 4.74 Å². The van der Waals surface area contributed by atoms with Crippen LogP contribution in [-0.4, -0.2) is 23.3 Å². The van der Waals surface area contributed by atoms with Crippen LogP contribution in [0.1, 0.15) is 84.5 Å². The second-order valence-electron chi connectivity index (χ2n) is 7.15. The molecule has 0 saturated heterocycles. The number of unbranched alkanes of at least 4 members (excludes halogenated alkanes) is 7. The van der Waals surface area contributed by atoms with E-state index in [9.17, 15) is 14.7 Å². The van der Waals surface area contributed by atoms with Crippen molar-refractivity contribution >= 4 is 11.6 Å². The van der Waals surface area contributed by atoms with E-state index in [2.05, 4.69) is 0 Å². The monoisotopic (exact) mass is 376 g/mol. The smallest absolute Gasteiger partial charge is 0.143 e. The molecule has 0 radical (unpaired) electrons. The Morgan fingerprint density at radius 2 is 1.30 bits per heavy atom. The zero-order valence-electron chi connectivity index (χ0n) is 17.0. The molecule has 152 valence electrons. The van der Waals surface area contributed by atoms with Crippen molar-refractivity contribution in [1.29, 1.82) is 0 Å². The average molecular weight is 377 g/mol. The third kappa shape index (κ3) is 10.2. The molecule has 0 heterocycles. The quantitative estimate of drug-likeness (QED) is 0.290. The number of ketones is 2. The summed E-state index contributed by atoms with van der Waals surface area (Å²) in [6.45, 7) is 4.39. The summed E-state index contributed by atoms with van der Waals surface area (Å²) < 4.78 is 5.63. The molecule has 0 atom stereocenters. The van der Waals surface area contributed by atoms with E-state index in [-0.39, 0.29) is 23.2 Å². The fourth-order valence-electron chi connectivity index (χ4n) is 3.24. The summed E-state index contributed by atoms with van der Waals surface area (Å²) in [6.07, 6.45) is 10.8. The van der Waals surface area contributed by atoms with Crippen molar-refractivity contribution in [3.63, 3.8) is 0 Å². The van der Waals surface area contributed by atoms with Crippen molar-refractivity contribution in [2.75, 3.05) is 6.61 Å². The van der Waals surface area contributed by atoms with E-state index in [0.29, 0.717) is 19.4 Å². The van der Waals surface area contributed by atoms with Crippen LogP contribution in [0.3, 0.4) is 0 Å². The van der Waals surface area contributed by atoms with Crippen LogP contribution < -0.4 is 4.74 Å². The highest BCUT2D eigenvalue weighted by molar-refractivity contribution is 6.02. The summed E-state index contributed by atoms with van der Waals surface area (Å²) in [5.74, 6) is 0.919. The van der Waals surface area contributed by atoms with Crippen LogP contribution in [-0.2, 0) is 9.59 Å². The summed E-state index contributed by atoms with van der Waals surface area (Å²) in [4.78, 5) is 23.7. The molecular formula is C23H36O4. The van der Waals surface area contributed by atoms with Crippen LogP contribution in [0.5, 0.6) is 11.5 Å². The van der Waals surface area contributed by atoms with Crippen LogP contribution in [0.2, 0.25) is 0 Å². The number of rotatable bonds is 16. The Hall–Kier alpha value is -1.84. The topological polar surface area (TPSA) is 63.6 Å². The molecule has 27 heavy (non-hydrogen) atoms. The largest absolute Gasteiger partial charge is 0.508 e. The van der Waals surface area contributed by atoms with Gasteiger partial charge in [-0.15, -0.1) is 0 Å². The van der Waals surface area contributed by atoms with Crippen LogP contribution >= 0.6 is 0 Å². The van der Waals surface area contributed by atoms with Gasteiger partial charge in [0.1, 0.15) is 23.1 Å². The van der Waals surface area contributed by atoms with E-state index in [1.54, 1.807) is 24.3 Å². The van der Waals surface area contributed by atoms with Gasteiger partial charge in [-0.25, -0.2) is 0 Å². The predicted molar refractivity (Wildman–Crippen MR) is 109 cm³/mol. The molecule has 0 amide bonds. The zero-order valence-corrected chi connectivity index (χ0v) is 17.0. The van der Waals surface area contributed by atoms with Crippen molar-refractivity contribution < 1.29 is 19.4 Å². The number of aromatic hydroxyl groups is 1. The highest BCUT2D eigenvalue weighted by Crippen LogP contribution is 2.18. The highest BCUT2D eigenvalue weighted by atomic mass is 16.5. The van der Waals surface area contributed by atoms with E-state index in [1.807, 2.05) is 13.8 Å². The number of phenolic OH excluding ortho intramolecular Hbond substituents is 1. The Morgan fingerprint density at radius 1 is 0.815 bits per heavy atom. The minimum atomic E-state index is -0.353. The SMILES string of the molecule is CCC(=O)C(CCCCCCCCCCOc1ccc(O)cc1)C(=O)CC. The first kappa shape index (κ1) is 23.2. The molecule has 0 aromatic heterocycles. The first-order valence-corrected chi connectivity index (χ1v) is 10.6. The molecule has 0 fully saturated rings. The van der Waals surface area contributed by atoms with Gasteiger partial charge < -0.3 is 9.84 Å². The molecule has 1 rings (SSSR count). The Labute approximate surface area is 164 Å². The number of carbonyl (C=O) groups is 2. The van der Waals surface area contributed by atoms with Gasteiger partial charge in [0.2, 0.25) is 0 Å². The average Bonchev–Trinajstić information content (AvgIpc) is 2.69. The molecule has 0 aliphatic carbocycles. The van der Waals surface area contributed by atoms with Gasteiger partial charge >= 0.3 is 0 Å². The van der Waals surface area contributed by atoms with Crippen molar-refractivity contribution in [2.24, 2.45) is 5.92 Å². The summed E-state index contributed by atoms with van der Waals surface area (Å²) in [7, 11) is 0. The van der Waals surface area contributed by atoms with Gasteiger partial charge in [0.15, 0.2) is 0 Å². The van der Waals surface area contributed by atoms with E-state index >= 15 is 0 Å². The first-order valence-electron chi connectivity index (χ1n) is 10.6. The van der Waals surface area contributed by atoms with Crippen LogP contribution in [0, 0.1) is 5.92 Å². The summed E-state index contributed by atoms with van der Waals surface area (Å²) in [5.41, 5.74) is 0. The number of benzene rings is 1. The number of hydrogen-bond donors (Lipinski definition) is 1. The van der Waals surface area contributed by atoms with Gasteiger partial charge in [-0.05, 0) is 37.1 Å². The molecule has 0 unspecified atom stereocenters. The number of ether oxygens (including phenoxy) is 1. The Balaban J connectivity index is 1.97. The van der Waals surface area contributed by atoms with Gasteiger partial charge in [0.25, 0.3) is 0 Å². The van der Waals surface area contributed by atoms with Crippen molar-refractivity contribution in [1.82, 2.24) is 0 Å². The third-order valence-electron chi connectivity index (χ3n) is 4.97. The van der Waals surface area contributed by atoms with Crippen LogP contribution in [0.4, 0.5) is 0 Å². The van der Waals surface area contributed by atoms with E-state index in [1.165, 1.54) is 25.7 Å². The molecule has 1 aromatic carbocycles. The fourth-order valence-corrected chi connectivity index (χ4v) is 3.24. The zero-order chi connectivity index (χ0) is 19.9. The van der Waals surface area contributed by atoms with Crippen LogP contribution in [0.25, 0.3) is 0 Å². The molecule has 0 spiro atoms. The number of hydrogen-bond acceptors (Lipinski definition) is 4. The fraction of sp³-hybridized carbons (Fsp3) is 0.652. The second-order valence-corrected chi connectivity index (χ2v) is 7.15. The second kappa shape index (κ2) is 14.2. The van der Waals surface area contributed by atoms with Crippen molar-refractivity contribution in [2.45, 2.75) is 84.5 Å². The van der Waals surface area contributed by atoms with Gasteiger partial charge in [-0.3, -0.25) is 9.59 Å². The van der Waals surface area contributed by atoms with Gasteiger partial charge in [0, 0.05) is 12.8 Å². The van der Waals surface area contributed by atoms with Gasteiger partial charge in [0.05, 0.1) is 12.5 Å². The van der Waals surface area contributed by atoms with Crippen molar-refractivity contribution in [3.8, 4) is 11.5 Å². The highest BCUT2D eigenvalue weighted by Gasteiger charge is 2.22. The van der Waals surface area contributed by atoms with E-state index < -0.39 is 0 Å². The van der Waals surface area contributed by atoms with E-state index in [0.717, 1.165) is 37.9 Å². The molecule has 0 aliphatic rings. The van der Waals surface area contributed by atoms with Crippen LogP contribution in [0.15, 0.2) is 24.3 Å². The maximum atomic E-state index is 11.9. The molecule has 1 N–H and O–H groups in total. The lowest BCUT2D eigenvalue weighted by atomic mass is 9.90. The third-order valence-corrected chi connectivity index (χ3v) is 4.97. The summed E-state index contributed by atoms with van der Waals surface area (Å²) in [5, 5.41) is 9.22. The van der Waals surface area contributed by atoms with Gasteiger partial charge in [-0.1, -0.05) is 58.8 Å². The number of Topliss-reactive ketones (excluding diaryl/α,β-unsaturated/α-hetero) is 2. The van der Waals surface area contributed by atoms with Gasteiger partial charge in [-0.2, -0.15) is 0 Å². The molecule has 0 saturated carbocycles. The Morgan fingerprint density at radius 3 is 1.81 bits per heavy atom. The lowest BCUT2D eigenvalue weighted by Gasteiger charge is -2.12. The lowest BCUT2D eigenvalue weighted by Crippen LogP contribution is -2.22. The molecule has 0 aliphatic heterocycles. The maximum Gasteiger partial charge on any atom is 0.143 e. The van der Waals surface area contributed by atoms with Crippen molar-refractivity contribution in [3.05, 3.63) is 24.3 Å². The molecule has 4 heteroatoms. The molecule has 1 aromatic rings. The Bertz CT molecular complexity index is 520. The summed E-state index contributed by atoms with van der Waals surface area (Å²) in [6, 6.07) is 6.83. The maximum absolute atomic E-state index is 11.9. The Kier molecular flexibility index (Phi) is 12.2. The summed E-state index contributed by atoms with van der Waals surface area (Å²) >= 11 is 0. The first-order chi connectivity index (χ1) is 13.1. The molecule has 0 bridgehead atoms. The predicted octanol–water partition coefficient (Wildman–Crippen LogP) is 5.86. The minimum absolute atomic E-state index is 0.108. The lowest BCUT2D eigenvalue weighted by molar-refractivity contribution is -0.132. The molecular weight excluding hydrogens is 340 g/mol. The minimum Gasteiger partial charge on any atom is -0.508 e. The standard InChI is InChI=1S/C23H36O4/c1-3-22(25)21(23(26)4-2)13-11-9-7-5-6-8-10-12-18-27-20-16-14-19(24)15-17-20/h14-17,21,24H,3-13,18H2,1-2H3. The number of carbonyl (C=O) groups excluding carboxylic acids is 2. The number of phenols is 1.